The fourth-order valence-corrected chi connectivity index (χ4v) is 0.768. The SMILES string of the molecule is C.Cl.ClC=C(Cl)Cl.FC(F)(F)OC(Cl)(Cl)C(Cl)Cl.FC(F)(F)OC(Cl)=C(Cl)Cl.FC(F)(F)OCl. The van der Waals surface area contributed by atoms with Crippen LogP contribution in [0.4, 0.5) is 39.5 Å². The van der Waals surface area contributed by atoms with Crippen LogP contribution in [-0.2, 0) is 13.8 Å². The Balaban J connectivity index is -0.0000000788. The van der Waals surface area contributed by atoms with Gasteiger partial charge in [0.05, 0.1) is 11.9 Å². The van der Waals surface area contributed by atoms with Gasteiger partial charge in [0.2, 0.25) is 5.22 Å². The molecule has 0 aromatic carbocycles. The van der Waals surface area contributed by atoms with Crippen molar-refractivity contribution in [3.8, 4) is 0 Å². The molecule has 0 rings (SSSR count). The Kier molecular flexibility index (Phi) is 33.2. The molecule has 0 amide bonds. The lowest BCUT2D eigenvalue weighted by Gasteiger charge is -2.21. The first-order valence-corrected chi connectivity index (χ1v) is 9.94. The van der Waals surface area contributed by atoms with Crippen molar-refractivity contribution in [1.82, 2.24) is 0 Å². The van der Waals surface area contributed by atoms with Gasteiger partial charge in [-0.05, 0) is 11.6 Å². The van der Waals surface area contributed by atoms with Crippen LogP contribution in [0.25, 0.3) is 0 Å². The average molecular weight is 772 g/mol. The van der Waals surface area contributed by atoms with Gasteiger partial charge in [0.15, 0.2) is 9.33 Å². The molecule has 34 heavy (non-hydrogen) atoms. The second-order valence-electron chi connectivity index (χ2n) is 3.41. The van der Waals surface area contributed by atoms with E-state index in [1.54, 1.807) is 0 Å². The van der Waals surface area contributed by atoms with Gasteiger partial charge in [-0.2, -0.15) is 4.29 Å². The number of hydrogen-bond acceptors (Lipinski definition) is 3. The molecule has 0 saturated heterocycles. The van der Waals surface area contributed by atoms with Gasteiger partial charge in [-0.15, -0.1) is 51.9 Å². The molecule has 3 nitrogen and oxygen atoms in total. The molecule has 0 heterocycles. The summed E-state index contributed by atoms with van der Waals surface area (Å²) in [4.78, 5) is -1.69. The van der Waals surface area contributed by atoms with Gasteiger partial charge in [-0.25, -0.2) is 0 Å². The lowest BCUT2D eigenvalue weighted by molar-refractivity contribution is -0.337. The zero-order chi connectivity index (χ0) is 27.1. The highest BCUT2D eigenvalue weighted by molar-refractivity contribution is 6.59. The molecule has 24 heteroatoms. The number of ether oxygens (including phenoxy) is 2. The maximum Gasteiger partial charge on any atom is 0.573 e. The third-order valence-electron chi connectivity index (χ3n) is 1.03. The minimum atomic E-state index is -4.97. The van der Waals surface area contributed by atoms with Crippen LogP contribution in [-0.4, -0.2) is 28.4 Å². The molecule has 0 aromatic rings. The molecule has 0 radical (unpaired) electrons. The van der Waals surface area contributed by atoms with Crippen LogP contribution < -0.4 is 0 Å². The fraction of sp³-hybridized carbons (Fsp3) is 0.600. The monoisotopic (exact) mass is 766 g/mol. The molecule has 0 bridgehead atoms. The van der Waals surface area contributed by atoms with Gasteiger partial charge in [-0.3, -0.25) is 4.74 Å². The van der Waals surface area contributed by atoms with Gasteiger partial charge in [-0.1, -0.05) is 112 Å². The van der Waals surface area contributed by atoms with Crippen LogP contribution in [0.15, 0.2) is 19.7 Å². The van der Waals surface area contributed by atoms with E-state index >= 15 is 0 Å². The Hall–Kier alpha value is 2.05. The predicted octanol–water partition coefficient (Wildman–Crippen LogP) is 12.1. The molecule has 0 atom stereocenters. The first-order chi connectivity index (χ1) is 13.8. The average Bonchev–Trinajstić information content (AvgIpc) is 2.51. The molecule has 0 spiro atoms. The molecule has 0 fully saturated rings. The number of alkyl halides is 13. The van der Waals surface area contributed by atoms with Crippen molar-refractivity contribution in [1.29, 1.82) is 0 Å². The zero-order valence-electron chi connectivity index (χ0n) is 13.8. The Morgan fingerprint density at radius 1 is 0.735 bits per heavy atom. The highest BCUT2D eigenvalue weighted by Crippen LogP contribution is 2.38. The van der Waals surface area contributed by atoms with Crippen LogP contribution in [0.2, 0.25) is 0 Å². The maximum atomic E-state index is 11.4. The van der Waals surface area contributed by atoms with E-state index in [1.807, 2.05) is 0 Å². The lowest BCUT2D eigenvalue weighted by atomic mass is 10.8. The number of hydrogen-bond donors (Lipinski definition) is 0. The zero-order valence-corrected chi connectivity index (χ0v) is 23.0. The summed E-state index contributed by atoms with van der Waals surface area (Å²) in [6.45, 7) is 0. The molecular weight excluding hydrogens is 765 g/mol. The quantitative estimate of drug-likeness (QED) is 0.162. The van der Waals surface area contributed by atoms with Crippen LogP contribution in [0.5, 0.6) is 0 Å². The van der Waals surface area contributed by atoms with E-state index in [1.165, 1.54) is 0 Å². The van der Waals surface area contributed by atoms with Crippen LogP contribution in [0.3, 0.4) is 0 Å². The highest BCUT2D eigenvalue weighted by Gasteiger charge is 2.45. The highest BCUT2D eigenvalue weighted by atomic mass is 35.5. The van der Waals surface area contributed by atoms with Gasteiger partial charge < -0.3 is 4.74 Å². The summed E-state index contributed by atoms with van der Waals surface area (Å²) in [6, 6.07) is 0. The molecule has 0 saturated carbocycles. The standard InChI is InChI=1S/C3HCl4F3O.C3Cl3F3O.C2HCl3.CClF3O.CH4.ClH/c4-1(5)2(6,7)11-3(8,9)10;4-1(5)2(6)10-3(7,8)9;3-1-2(4)5;2-6-1(3,4)5;;/h1H;;1H;;1H4;1H. The third-order valence-corrected chi connectivity index (χ3v) is 4.32. The van der Waals surface area contributed by atoms with E-state index in [4.69, 9.17) is 116 Å². The van der Waals surface area contributed by atoms with Crippen molar-refractivity contribution in [3.63, 3.8) is 0 Å². The van der Waals surface area contributed by atoms with E-state index < -0.39 is 38.2 Å². The minimum absolute atomic E-state index is 0. The van der Waals surface area contributed by atoms with E-state index in [9.17, 15) is 39.5 Å². The van der Waals surface area contributed by atoms with Crippen molar-refractivity contribution in [2.75, 3.05) is 0 Å². The molecule has 0 unspecified atom stereocenters. The Morgan fingerprint density at radius 2 is 1.03 bits per heavy atom. The van der Waals surface area contributed by atoms with Crippen molar-refractivity contribution in [2.45, 2.75) is 35.9 Å². The second kappa shape index (κ2) is 23.0. The normalized spacial score (nSPS) is 11.0. The van der Waals surface area contributed by atoms with Crippen molar-refractivity contribution in [3.05, 3.63) is 19.7 Å². The Labute approximate surface area is 247 Å². The van der Waals surface area contributed by atoms with Gasteiger partial charge in [0.25, 0.3) is 4.52 Å². The van der Waals surface area contributed by atoms with Crippen molar-refractivity contribution < 1.29 is 53.3 Å². The third kappa shape index (κ3) is 47.3. The fourth-order valence-electron chi connectivity index (χ4n) is 0.339. The molecule has 0 N–H and O–H groups in total. The molecule has 212 valence electrons. The van der Waals surface area contributed by atoms with Gasteiger partial charge >= 0.3 is 19.1 Å². The molecule has 0 aromatic heterocycles. The van der Waals surface area contributed by atoms with Crippen molar-refractivity contribution in [2.24, 2.45) is 0 Å². The Bertz CT molecular complexity index is 557. The summed E-state index contributed by atoms with van der Waals surface area (Å²) in [5.74, 6) is 0. The van der Waals surface area contributed by atoms with E-state index in [0.717, 1.165) is 5.54 Å². The lowest BCUT2D eigenvalue weighted by Crippen LogP contribution is -2.33. The summed E-state index contributed by atoms with van der Waals surface area (Å²) < 4.78 is 104. The first kappa shape index (κ1) is 49.0. The topological polar surface area (TPSA) is 27.7 Å². The van der Waals surface area contributed by atoms with Crippen LogP contribution in [0, 0.1) is 0 Å². The maximum absolute atomic E-state index is 11.4. The first-order valence-electron chi connectivity index (χ1n) is 5.68. The smallest absolute Gasteiger partial charge is 0.392 e. The Morgan fingerprint density at radius 3 is 1.09 bits per heavy atom. The van der Waals surface area contributed by atoms with Gasteiger partial charge in [0, 0.05) is 5.54 Å². The molecular formula is C10H7Cl12F9O3. The minimum Gasteiger partial charge on any atom is -0.392 e. The van der Waals surface area contributed by atoms with Crippen LogP contribution >= 0.6 is 140 Å². The molecule has 0 aliphatic carbocycles. The summed E-state index contributed by atoms with van der Waals surface area (Å²) in [7, 11) is 0. The number of rotatable bonds is 3. The van der Waals surface area contributed by atoms with E-state index in [-0.39, 0.29) is 24.3 Å². The largest absolute Gasteiger partial charge is 0.573 e. The predicted molar refractivity (Wildman–Crippen MR) is 121 cm³/mol. The molecule has 0 aliphatic rings. The molecule has 0 aliphatic heterocycles. The van der Waals surface area contributed by atoms with Gasteiger partial charge in [0.1, 0.15) is 4.49 Å². The van der Waals surface area contributed by atoms with Crippen molar-refractivity contribution >= 4 is 140 Å². The summed E-state index contributed by atoms with van der Waals surface area (Å²) in [5.41, 5.74) is 1.09. The number of halogens is 21. The van der Waals surface area contributed by atoms with Crippen LogP contribution in [0.1, 0.15) is 7.43 Å². The summed E-state index contributed by atoms with van der Waals surface area (Å²) >= 11 is 52.8. The summed E-state index contributed by atoms with van der Waals surface area (Å²) in [5, 5.41) is -1.09. The second-order valence-corrected chi connectivity index (χ2v) is 8.50. The summed E-state index contributed by atoms with van der Waals surface area (Å²) in [6.07, 6.45) is -14.5. The van der Waals surface area contributed by atoms with E-state index in [2.05, 4.69) is 25.6 Å². The van der Waals surface area contributed by atoms with E-state index in [0.29, 0.717) is 0 Å².